The van der Waals surface area contributed by atoms with Gasteiger partial charge in [-0.15, -0.1) is 0 Å². The molecule has 2 rings (SSSR count). The molecule has 0 saturated heterocycles. The molecule has 2 aromatic rings. The van der Waals surface area contributed by atoms with Crippen molar-refractivity contribution < 1.29 is 14.3 Å². The molecule has 3 nitrogen and oxygen atoms in total. The van der Waals surface area contributed by atoms with Crippen LogP contribution in [0.4, 0.5) is 0 Å². The number of ether oxygens (including phenoxy) is 2. The number of esters is 1. The van der Waals surface area contributed by atoms with Gasteiger partial charge in [0, 0.05) is 4.47 Å². The molecule has 98 valence electrons. The largest absolute Gasteiger partial charge is 0.482 e. The van der Waals surface area contributed by atoms with E-state index in [1.807, 2.05) is 18.2 Å². The minimum absolute atomic E-state index is 0.132. The molecule has 0 aliphatic rings. The minimum atomic E-state index is -0.452. The molecule has 2 aromatic carbocycles. The van der Waals surface area contributed by atoms with Gasteiger partial charge in [0.25, 0.3) is 0 Å². The third-order valence-electron chi connectivity index (χ3n) is 2.22. The molecule has 0 bridgehead atoms. The maximum atomic E-state index is 11.6. The van der Waals surface area contributed by atoms with Crippen LogP contribution < -0.4 is 9.47 Å². The fourth-order valence-corrected chi connectivity index (χ4v) is 2.50. The highest BCUT2D eigenvalue weighted by molar-refractivity contribution is 9.11. The van der Waals surface area contributed by atoms with E-state index in [9.17, 15) is 4.79 Å². The number of hydrogen-bond donors (Lipinski definition) is 0. The van der Waals surface area contributed by atoms with Crippen LogP contribution in [0.3, 0.4) is 0 Å². The molecule has 0 unspecified atom stereocenters. The second-order valence-corrected chi connectivity index (χ2v) is 5.42. The summed E-state index contributed by atoms with van der Waals surface area (Å²) < 4.78 is 12.1. The highest BCUT2D eigenvalue weighted by atomic mass is 79.9. The Hall–Kier alpha value is -1.33. The van der Waals surface area contributed by atoms with Crippen molar-refractivity contribution in [2.45, 2.75) is 0 Å². The molecule has 0 aliphatic carbocycles. The van der Waals surface area contributed by atoms with E-state index < -0.39 is 5.97 Å². The monoisotopic (exact) mass is 384 g/mol. The van der Waals surface area contributed by atoms with E-state index in [1.165, 1.54) is 0 Å². The van der Waals surface area contributed by atoms with E-state index in [-0.39, 0.29) is 6.61 Å². The molecular formula is C14H10Br2O3. The predicted octanol–water partition coefficient (Wildman–Crippen LogP) is 4.20. The van der Waals surface area contributed by atoms with Crippen molar-refractivity contribution >= 4 is 37.8 Å². The zero-order chi connectivity index (χ0) is 13.7. The average molecular weight is 386 g/mol. The molecule has 0 spiro atoms. The second kappa shape index (κ2) is 6.73. The number of para-hydroxylation sites is 1. The zero-order valence-electron chi connectivity index (χ0n) is 9.81. The zero-order valence-corrected chi connectivity index (χ0v) is 13.0. The summed E-state index contributed by atoms with van der Waals surface area (Å²) in [5.41, 5.74) is 0. The van der Waals surface area contributed by atoms with Gasteiger partial charge in [-0.3, -0.25) is 0 Å². The Kier molecular flexibility index (Phi) is 4.99. The van der Waals surface area contributed by atoms with Crippen LogP contribution in [0.1, 0.15) is 0 Å². The Morgan fingerprint density at radius 2 is 1.79 bits per heavy atom. The summed E-state index contributed by atoms with van der Waals surface area (Å²) in [6.45, 7) is -0.132. The first-order chi connectivity index (χ1) is 9.15. The van der Waals surface area contributed by atoms with Gasteiger partial charge in [-0.2, -0.15) is 0 Å². The lowest BCUT2D eigenvalue weighted by molar-refractivity contribution is -0.136. The fraction of sp³-hybridized carbons (Fsp3) is 0.0714. The summed E-state index contributed by atoms with van der Waals surface area (Å²) in [6, 6.07) is 14.4. The standard InChI is InChI=1S/C14H10Br2O3/c15-10-6-7-13(12(16)8-10)19-14(17)9-18-11-4-2-1-3-5-11/h1-8H,9H2. The third-order valence-corrected chi connectivity index (χ3v) is 3.33. The van der Waals surface area contributed by atoms with Crippen molar-refractivity contribution in [2.75, 3.05) is 6.61 Å². The van der Waals surface area contributed by atoms with Gasteiger partial charge in [0.1, 0.15) is 11.5 Å². The first kappa shape index (κ1) is 14.1. The first-order valence-electron chi connectivity index (χ1n) is 5.49. The van der Waals surface area contributed by atoms with Crippen molar-refractivity contribution in [2.24, 2.45) is 0 Å². The fourth-order valence-electron chi connectivity index (χ4n) is 1.37. The van der Waals surface area contributed by atoms with Crippen LogP contribution in [0.5, 0.6) is 11.5 Å². The molecule has 0 aromatic heterocycles. The first-order valence-corrected chi connectivity index (χ1v) is 7.07. The van der Waals surface area contributed by atoms with E-state index >= 15 is 0 Å². The van der Waals surface area contributed by atoms with Crippen molar-refractivity contribution in [3.05, 3.63) is 57.5 Å². The molecule has 0 aliphatic heterocycles. The molecule has 0 radical (unpaired) electrons. The van der Waals surface area contributed by atoms with Crippen LogP contribution in [-0.4, -0.2) is 12.6 Å². The lowest BCUT2D eigenvalue weighted by Gasteiger charge is -2.08. The van der Waals surface area contributed by atoms with Gasteiger partial charge >= 0.3 is 5.97 Å². The molecule has 0 saturated carbocycles. The van der Waals surface area contributed by atoms with E-state index in [0.29, 0.717) is 16.0 Å². The van der Waals surface area contributed by atoms with E-state index in [1.54, 1.807) is 30.3 Å². The molecule has 0 atom stereocenters. The Balaban J connectivity index is 1.91. The topological polar surface area (TPSA) is 35.5 Å². The van der Waals surface area contributed by atoms with Gasteiger partial charge in [-0.1, -0.05) is 34.1 Å². The Morgan fingerprint density at radius 1 is 1.05 bits per heavy atom. The number of hydrogen-bond acceptors (Lipinski definition) is 3. The van der Waals surface area contributed by atoms with Crippen LogP contribution in [0.2, 0.25) is 0 Å². The highest BCUT2D eigenvalue weighted by Gasteiger charge is 2.09. The predicted molar refractivity (Wildman–Crippen MR) is 79.4 cm³/mol. The van der Waals surface area contributed by atoms with Gasteiger partial charge < -0.3 is 9.47 Å². The van der Waals surface area contributed by atoms with E-state index in [4.69, 9.17) is 9.47 Å². The van der Waals surface area contributed by atoms with Crippen LogP contribution >= 0.6 is 31.9 Å². The molecular weight excluding hydrogens is 376 g/mol. The second-order valence-electron chi connectivity index (χ2n) is 3.65. The van der Waals surface area contributed by atoms with Crippen LogP contribution in [-0.2, 0) is 4.79 Å². The van der Waals surface area contributed by atoms with Gasteiger partial charge in [-0.05, 0) is 46.3 Å². The summed E-state index contributed by atoms with van der Waals surface area (Å²) >= 11 is 6.65. The van der Waals surface area contributed by atoms with Crippen molar-refractivity contribution in [3.8, 4) is 11.5 Å². The number of carbonyl (C=O) groups excluding carboxylic acids is 1. The average Bonchev–Trinajstić information content (AvgIpc) is 2.41. The van der Waals surface area contributed by atoms with E-state index in [2.05, 4.69) is 31.9 Å². The smallest absolute Gasteiger partial charge is 0.349 e. The van der Waals surface area contributed by atoms with Crippen molar-refractivity contribution in [1.29, 1.82) is 0 Å². The molecule has 0 N–H and O–H groups in total. The van der Waals surface area contributed by atoms with E-state index in [0.717, 1.165) is 4.47 Å². The molecule has 0 fully saturated rings. The minimum Gasteiger partial charge on any atom is -0.482 e. The molecule has 19 heavy (non-hydrogen) atoms. The number of rotatable bonds is 4. The highest BCUT2D eigenvalue weighted by Crippen LogP contribution is 2.28. The van der Waals surface area contributed by atoms with Crippen LogP contribution in [0.15, 0.2) is 57.5 Å². The lowest BCUT2D eigenvalue weighted by Crippen LogP contribution is -2.17. The van der Waals surface area contributed by atoms with Gasteiger partial charge in [0.15, 0.2) is 6.61 Å². The third kappa shape index (κ3) is 4.36. The summed E-state index contributed by atoms with van der Waals surface area (Å²) in [5, 5.41) is 0. The van der Waals surface area contributed by atoms with Gasteiger partial charge in [-0.25, -0.2) is 4.79 Å². The van der Waals surface area contributed by atoms with Crippen molar-refractivity contribution in [1.82, 2.24) is 0 Å². The maximum Gasteiger partial charge on any atom is 0.349 e. The Labute approximate surface area is 127 Å². The normalized spacial score (nSPS) is 10.0. The number of halogens is 2. The summed E-state index contributed by atoms with van der Waals surface area (Å²) in [6.07, 6.45) is 0. The summed E-state index contributed by atoms with van der Waals surface area (Å²) in [4.78, 5) is 11.6. The number of carbonyl (C=O) groups is 1. The lowest BCUT2D eigenvalue weighted by atomic mass is 10.3. The quantitative estimate of drug-likeness (QED) is 0.584. The molecule has 5 heteroatoms. The van der Waals surface area contributed by atoms with Gasteiger partial charge in [0.05, 0.1) is 4.47 Å². The van der Waals surface area contributed by atoms with Crippen LogP contribution in [0.25, 0.3) is 0 Å². The SMILES string of the molecule is O=C(COc1ccccc1)Oc1ccc(Br)cc1Br. The summed E-state index contributed by atoms with van der Waals surface area (Å²) in [7, 11) is 0. The molecule has 0 amide bonds. The van der Waals surface area contributed by atoms with Crippen LogP contribution in [0, 0.1) is 0 Å². The van der Waals surface area contributed by atoms with Gasteiger partial charge in [0.2, 0.25) is 0 Å². The maximum absolute atomic E-state index is 11.6. The Morgan fingerprint density at radius 3 is 2.47 bits per heavy atom. The molecule has 0 heterocycles. The van der Waals surface area contributed by atoms with Crippen molar-refractivity contribution in [3.63, 3.8) is 0 Å². The number of benzene rings is 2. The Bertz CT molecular complexity index is 570. The summed E-state index contributed by atoms with van der Waals surface area (Å²) in [5.74, 6) is 0.644.